The van der Waals surface area contributed by atoms with Gasteiger partial charge in [-0.25, -0.2) is 19.9 Å². The van der Waals surface area contributed by atoms with Crippen LogP contribution in [0.1, 0.15) is 48.5 Å². The average molecular weight is 550 g/mol. The summed E-state index contributed by atoms with van der Waals surface area (Å²) in [6.07, 6.45) is 0.764. The monoisotopic (exact) mass is 549 g/mol. The maximum Gasteiger partial charge on any atom is 0.412 e. The molecule has 2 unspecified atom stereocenters. The normalized spacial score (nSPS) is 18.2. The molecule has 0 radical (unpaired) electrons. The molecule has 1 aliphatic carbocycles. The Labute approximate surface area is 227 Å². The molecular formula is C28H26F3N7O2. The number of pyridine rings is 1. The van der Waals surface area contributed by atoms with Gasteiger partial charge < -0.3 is 9.64 Å². The molecule has 4 aromatic rings. The van der Waals surface area contributed by atoms with Crippen molar-refractivity contribution >= 4 is 16.9 Å². The zero-order valence-corrected chi connectivity index (χ0v) is 22.1. The van der Waals surface area contributed by atoms with E-state index < -0.39 is 18.3 Å². The van der Waals surface area contributed by atoms with Gasteiger partial charge in [0.2, 0.25) is 5.88 Å². The number of methoxy groups -OCH3 is 1. The number of fused-ring (bicyclic) bond motifs is 1. The summed E-state index contributed by atoms with van der Waals surface area (Å²) >= 11 is 0. The Morgan fingerprint density at radius 3 is 2.45 bits per heavy atom. The molecule has 40 heavy (non-hydrogen) atoms. The molecule has 1 fully saturated rings. The van der Waals surface area contributed by atoms with E-state index in [1.54, 1.807) is 48.1 Å². The number of hydrogen-bond donors (Lipinski definition) is 0. The predicted octanol–water partition coefficient (Wildman–Crippen LogP) is 4.37. The van der Waals surface area contributed by atoms with Gasteiger partial charge in [-0.15, -0.1) is 0 Å². The Kier molecular flexibility index (Phi) is 6.27. The molecule has 1 aliphatic heterocycles. The van der Waals surface area contributed by atoms with Crippen LogP contribution in [0.25, 0.3) is 22.4 Å². The lowest BCUT2D eigenvalue weighted by Crippen LogP contribution is -2.33. The van der Waals surface area contributed by atoms with E-state index in [0.717, 1.165) is 24.1 Å². The largest absolute Gasteiger partial charge is 0.480 e. The summed E-state index contributed by atoms with van der Waals surface area (Å²) in [5.41, 5.74) is 2.99. The van der Waals surface area contributed by atoms with Crippen LogP contribution in [0.3, 0.4) is 0 Å². The van der Waals surface area contributed by atoms with Gasteiger partial charge in [0.25, 0.3) is 5.56 Å². The molecule has 4 heterocycles. The summed E-state index contributed by atoms with van der Waals surface area (Å²) in [6, 6.07) is 8.01. The fourth-order valence-corrected chi connectivity index (χ4v) is 5.11. The van der Waals surface area contributed by atoms with Gasteiger partial charge in [-0.2, -0.15) is 13.2 Å². The number of alkyl halides is 3. The van der Waals surface area contributed by atoms with Gasteiger partial charge in [0.1, 0.15) is 23.4 Å². The van der Waals surface area contributed by atoms with E-state index in [0.29, 0.717) is 33.9 Å². The minimum atomic E-state index is -4.39. The minimum absolute atomic E-state index is 0.218. The Balaban J connectivity index is 1.39. The van der Waals surface area contributed by atoms with Crippen molar-refractivity contribution in [2.75, 3.05) is 20.7 Å². The molecule has 12 heteroatoms. The molecule has 1 aromatic carbocycles. The third-order valence-electron chi connectivity index (χ3n) is 7.39. The third kappa shape index (κ3) is 4.56. The first kappa shape index (κ1) is 25.9. The van der Waals surface area contributed by atoms with Crippen molar-refractivity contribution in [3.05, 3.63) is 76.1 Å². The van der Waals surface area contributed by atoms with Gasteiger partial charge >= 0.3 is 6.18 Å². The van der Waals surface area contributed by atoms with Crippen molar-refractivity contribution in [2.24, 2.45) is 4.99 Å². The van der Waals surface area contributed by atoms with E-state index in [-0.39, 0.29) is 23.9 Å². The van der Waals surface area contributed by atoms with Crippen molar-refractivity contribution in [1.29, 1.82) is 0 Å². The fourth-order valence-electron chi connectivity index (χ4n) is 5.11. The van der Waals surface area contributed by atoms with Crippen molar-refractivity contribution < 1.29 is 17.9 Å². The second kappa shape index (κ2) is 9.68. The van der Waals surface area contributed by atoms with E-state index in [1.807, 2.05) is 6.92 Å². The number of rotatable bonds is 6. The van der Waals surface area contributed by atoms with Gasteiger partial charge in [-0.3, -0.25) is 14.4 Å². The quantitative estimate of drug-likeness (QED) is 0.352. The van der Waals surface area contributed by atoms with E-state index in [4.69, 9.17) is 9.72 Å². The first-order valence-corrected chi connectivity index (χ1v) is 12.9. The molecule has 9 nitrogen and oxygen atoms in total. The summed E-state index contributed by atoms with van der Waals surface area (Å²) in [5, 5.41) is 0.677. The van der Waals surface area contributed by atoms with Gasteiger partial charge in [0.15, 0.2) is 11.9 Å². The van der Waals surface area contributed by atoms with Crippen molar-refractivity contribution in [3.63, 3.8) is 0 Å². The SMILES string of the molecule is COc1ncnc(C2CC2)c1-c1ncc2ccc(=O)n(C(C)c3ccc(C4=NC(C(F)(F)F)CN4C)cc3)c2n1. The molecule has 206 valence electrons. The molecule has 0 spiro atoms. The molecule has 3 aromatic heterocycles. The molecular weight excluding hydrogens is 523 g/mol. The first-order chi connectivity index (χ1) is 19.2. The number of aliphatic imine (C=N–C) groups is 1. The lowest BCUT2D eigenvalue weighted by molar-refractivity contribution is -0.145. The lowest BCUT2D eigenvalue weighted by Gasteiger charge is -2.19. The summed E-state index contributed by atoms with van der Waals surface area (Å²) in [7, 11) is 3.12. The number of ether oxygens (including phenoxy) is 1. The summed E-state index contributed by atoms with van der Waals surface area (Å²) in [4.78, 5) is 36.7. The smallest absolute Gasteiger partial charge is 0.412 e. The van der Waals surface area contributed by atoms with Gasteiger partial charge in [0, 0.05) is 36.2 Å². The van der Waals surface area contributed by atoms with Crippen molar-refractivity contribution in [2.45, 2.75) is 43.9 Å². The van der Waals surface area contributed by atoms with E-state index >= 15 is 0 Å². The van der Waals surface area contributed by atoms with E-state index in [9.17, 15) is 18.0 Å². The highest BCUT2D eigenvalue weighted by Crippen LogP contribution is 2.45. The van der Waals surface area contributed by atoms with Gasteiger partial charge in [0.05, 0.1) is 25.4 Å². The van der Waals surface area contributed by atoms with Crippen LogP contribution >= 0.6 is 0 Å². The van der Waals surface area contributed by atoms with Crippen LogP contribution < -0.4 is 10.3 Å². The molecule has 0 amide bonds. The Hall–Kier alpha value is -4.35. The maximum absolute atomic E-state index is 13.2. The summed E-state index contributed by atoms with van der Waals surface area (Å²) in [5.74, 6) is 1.32. The number of hydrogen-bond acceptors (Lipinski definition) is 8. The highest BCUT2D eigenvalue weighted by Gasteiger charge is 2.44. The molecule has 2 atom stereocenters. The zero-order valence-electron chi connectivity index (χ0n) is 22.1. The molecule has 0 saturated heterocycles. The molecule has 2 aliphatic rings. The molecule has 1 saturated carbocycles. The van der Waals surface area contributed by atoms with Crippen molar-refractivity contribution in [3.8, 4) is 17.3 Å². The number of halogens is 3. The number of likely N-dealkylation sites (N-methyl/N-ethyl adjacent to an activating group) is 1. The van der Waals surface area contributed by atoms with E-state index in [2.05, 4.69) is 19.9 Å². The minimum Gasteiger partial charge on any atom is -0.480 e. The second-order valence-corrected chi connectivity index (χ2v) is 10.1. The van der Waals surface area contributed by atoms with Gasteiger partial charge in [-0.1, -0.05) is 24.3 Å². The summed E-state index contributed by atoms with van der Waals surface area (Å²) in [6.45, 7) is 1.66. The van der Waals surface area contributed by atoms with E-state index in [1.165, 1.54) is 24.4 Å². The summed E-state index contributed by atoms with van der Waals surface area (Å²) < 4.78 is 46.7. The van der Waals surface area contributed by atoms with Crippen LogP contribution in [0.5, 0.6) is 5.88 Å². The number of nitrogens with zero attached hydrogens (tertiary/aromatic N) is 7. The predicted molar refractivity (Wildman–Crippen MR) is 143 cm³/mol. The molecule has 6 rings (SSSR count). The highest BCUT2D eigenvalue weighted by atomic mass is 19.4. The van der Waals surface area contributed by atoms with Gasteiger partial charge in [-0.05, 0) is 31.4 Å². The zero-order chi connectivity index (χ0) is 28.2. The Morgan fingerprint density at radius 1 is 1.05 bits per heavy atom. The van der Waals surface area contributed by atoms with Crippen LogP contribution in [0, 0.1) is 0 Å². The molecule has 0 N–H and O–H groups in total. The van der Waals surface area contributed by atoms with Crippen LogP contribution in [0.4, 0.5) is 13.2 Å². The maximum atomic E-state index is 13.2. The molecule has 0 bridgehead atoms. The fraction of sp³-hybridized carbons (Fsp3) is 0.357. The number of amidine groups is 1. The van der Waals surface area contributed by atoms with Crippen LogP contribution in [0.2, 0.25) is 0 Å². The Morgan fingerprint density at radius 2 is 1.80 bits per heavy atom. The third-order valence-corrected chi connectivity index (χ3v) is 7.39. The average Bonchev–Trinajstić information content (AvgIpc) is 3.72. The first-order valence-electron chi connectivity index (χ1n) is 12.9. The second-order valence-electron chi connectivity index (χ2n) is 10.1. The van der Waals surface area contributed by atoms with Crippen LogP contribution in [-0.4, -0.2) is 68.2 Å². The lowest BCUT2D eigenvalue weighted by atomic mass is 10.0. The number of benzene rings is 1. The highest BCUT2D eigenvalue weighted by molar-refractivity contribution is 6.00. The standard InChI is InChI=1S/C28H26F3N7O2/c1-15(16-4-8-18(9-5-16)25-35-20(13-37(25)2)28(29,30)31)38-21(39)11-10-19-12-32-24(36-26(19)38)22-23(17-6-7-17)33-14-34-27(22)40-3/h4-5,8-12,14-15,17,20H,6-7,13H2,1-3H3. The van der Waals surface area contributed by atoms with Crippen LogP contribution in [0.15, 0.2) is 58.7 Å². The van der Waals surface area contributed by atoms with Crippen molar-refractivity contribution in [1.82, 2.24) is 29.4 Å². The number of aromatic nitrogens is 5. The Bertz CT molecular complexity index is 1680. The van der Waals surface area contributed by atoms with Crippen LogP contribution in [-0.2, 0) is 0 Å². The topological polar surface area (TPSA) is 98.4 Å².